The van der Waals surface area contributed by atoms with Gasteiger partial charge >= 0.3 is 5.97 Å². The van der Waals surface area contributed by atoms with E-state index in [0.29, 0.717) is 18.4 Å². The molecule has 6 N–H and O–H groups in total. The molecule has 7 rings (SSSR count). The van der Waals surface area contributed by atoms with Crippen molar-refractivity contribution in [3.05, 3.63) is 11.6 Å². The lowest BCUT2D eigenvalue weighted by Crippen LogP contribution is -2.64. The zero-order valence-electron chi connectivity index (χ0n) is 27.9. The van der Waals surface area contributed by atoms with E-state index < -0.39 is 67.0 Å². The molecule has 0 radical (unpaired) electrons. The number of ether oxygens (including phenoxy) is 5. The molecule has 0 bridgehead atoms. The molecule has 266 valence electrons. The highest BCUT2D eigenvalue weighted by Crippen LogP contribution is 2.70. The summed E-state index contributed by atoms with van der Waals surface area (Å²) in [5.41, 5.74) is 0.0310. The topological polar surface area (TPSA) is 185 Å². The molecular formula is C35H54O12. The molecule has 0 amide bonds. The van der Waals surface area contributed by atoms with Crippen LogP contribution < -0.4 is 0 Å². The summed E-state index contributed by atoms with van der Waals surface area (Å²) in [6, 6.07) is 0. The molecule has 0 spiro atoms. The fraction of sp³-hybridized carbons (Fsp3) is 0.914. The van der Waals surface area contributed by atoms with Crippen molar-refractivity contribution in [1.29, 1.82) is 0 Å². The minimum atomic E-state index is -1.58. The number of carbonyl (C=O) groups is 1. The molecule has 8 unspecified atom stereocenters. The molecule has 12 nitrogen and oxygen atoms in total. The maximum Gasteiger partial charge on any atom is 0.331 e. The number of hydrogen-bond acceptors (Lipinski definition) is 12. The number of fused-ring (bicyclic) bond motifs is 5. The Labute approximate surface area is 276 Å². The zero-order valence-corrected chi connectivity index (χ0v) is 27.9. The van der Waals surface area contributed by atoms with Crippen molar-refractivity contribution in [2.75, 3.05) is 6.61 Å². The Hall–Kier alpha value is -1.19. The molecule has 3 heterocycles. The first kappa shape index (κ1) is 34.3. The van der Waals surface area contributed by atoms with Gasteiger partial charge in [0.25, 0.3) is 0 Å². The quantitative estimate of drug-likeness (QED) is 0.183. The van der Waals surface area contributed by atoms with Crippen molar-refractivity contribution in [1.82, 2.24) is 0 Å². The van der Waals surface area contributed by atoms with E-state index in [4.69, 9.17) is 23.7 Å². The normalized spacial score (nSPS) is 56.3. The molecule has 12 heteroatoms. The Bertz CT molecular complexity index is 1230. The molecule has 18 atom stereocenters. The molecule has 0 aromatic rings. The average Bonchev–Trinajstić information content (AvgIpc) is 3.58. The second kappa shape index (κ2) is 12.2. The minimum absolute atomic E-state index is 0.0430. The Balaban J connectivity index is 1.01. The Morgan fingerprint density at radius 1 is 0.766 bits per heavy atom. The molecule has 47 heavy (non-hydrogen) atoms. The van der Waals surface area contributed by atoms with Gasteiger partial charge in [-0.25, -0.2) is 4.79 Å². The van der Waals surface area contributed by atoms with Gasteiger partial charge in [0.05, 0.1) is 23.9 Å². The van der Waals surface area contributed by atoms with E-state index in [1.165, 1.54) is 6.92 Å². The number of cyclic esters (lactones) is 1. The maximum atomic E-state index is 12.5. The monoisotopic (exact) mass is 666 g/mol. The number of rotatable bonds is 5. The highest BCUT2D eigenvalue weighted by Gasteiger charge is 2.68. The molecule has 0 aromatic heterocycles. The summed E-state index contributed by atoms with van der Waals surface area (Å²) in [7, 11) is 0. The van der Waals surface area contributed by atoms with E-state index in [0.717, 1.165) is 63.4 Å². The van der Waals surface area contributed by atoms with Crippen molar-refractivity contribution in [2.45, 2.75) is 159 Å². The van der Waals surface area contributed by atoms with Gasteiger partial charge in [-0.1, -0.05) is 13.8 Å². The van der Waals surface area contributed by atoms with Gasteiger partial charge in [-0.05, 0) is 106 Å². The first-order valence-electron chi connectivity index (χ1n) is 17.8. The van der Waals surface area contributed by atoms with E-state index >= 15 is 0 Å². The van der Waals surface area contributed by atoms with Crippen LogP contribution in [0.5, 0.6) is 0 Å². The second-order valence-electron chi connectivity index (χ2n) is 16.3. The molecule has 3 aliphatic heterocycles. The van der Waals surface area contributed by atoms with E-state index in [-0.39, 0.29) is 34.7 Å². The number of esters is 1. The summed E-state index contributed by atoms with van der Waals surface area (Å²) in [5, 5.41) is 65.4. The van der Waals surface area contributed by atoms with Gasteiger partial charge in [-0.3, -0.25) is 0 Å². The van der Waals surface area contributed by atoms with Crippen LogP contribution in [0.1, 0.15) is 85.5 Å². The molecule has 2 saturated heterocycles. The minimum Gasteiger partial charge on any atom is -0.458 e. The molecule has 4 saturated carbocycles. The Kier molecular flexibility index (Phi) is 8.93. The van der Waals surface area contributed by atoms with Crippen LogP contribution in [-0.2, 0) is 28.5 Å². The summed E-state index contributed by atoms with van der Waals surface area (Å²) in [5.74, 6) is 0.862. The van der Waals surface area contributed by atoms with Gasteiger partial charge < -0.3 is 54.3 Å². The molecule has 0 aromatic carbocycles. The van der Waals surface area contributed by atoms with Gasteiger partial charge in [-0.15, -0.1) is 0 Å². The van der Waals surface area contributed by atoms with Gasteiger partial charge in [0.1, 0.15) is 43.2 Å². The summed E-state index contributed by atoms with van der Waals surface area (Å²) in [6.07, 6.45) is -2.82. The fourth-order valence-corrected chi connectivity index (χ4v) is 11.2. The van der Waals surface area contributed by atoms with Gasteiger partial charge in [0, 0.05) is 11.5 Å². The second-order valence-corrected chi connectivity index (χ2v) is 16.3. The van der Waals surface area contributed by atoms with Crippen LogP contribution in [0.25, 0.3) is 0 Å². The highest BCUT2D eigenvalue weighted by molar-refractivity contribution is 5.85. The average molecular weight is 667 g/mol. The van der Waals surface area contributed by atoms with E-state index in [1.807, 2.05) is 0 Å². The largest absolute Gasteiger partial charge is 0.458 e. The standard InChI is InChI=1S/C35H54O12/c1-16-25(37)27(39)28(40)31(44-16)47-30-26(38)17(2)45-32(29(30)41)46-20-7-10-33(3)19(14-20)5-6-23-22(33)8-11-34(4)21(9-12-35(23,34)42)18-13-24(36)43-15-18/h13,16-17,19-23,25-32,37-42H,5-12,14-15H2,1-4H3/t16?,17?,19-,20+,21-,22?,23-,25-,26+,27?,28?,29+,30?,31-,32+,33?,34?,35+/m1/s1. The van der Waals surface area contributed by atoms with Gasteiger partial charge in [0.15, 0.2) is 12.6 Å². The first-order valence-corrected chi connectivity index (χ1v) is 17.8. The molecule has 6 fully saturated rings. The number of carbonyl (C=O) groups excluding carboxylic acids is 1. The number of hydrogen-bond donors (Lipinski definition) is 6. The van der Waals surface area contributed by atoms with Crippen molar-refractivity contribution < 1.29 is 59.1 Å². The van der Waals surface area contributed by atoms with Crippen LogP contribution in [-0.4, -0.2) is 116 Å². The van der Waals surface area contributed by atoms with Crippen molar-refractivity contribution >= 4 is 5.97 Å². The first-order chi connectivity index (χ1) is 22.2. The third-order valence-electron chi connectivity index (χ3n) is 14.1. The third kappa shape index (κ3) is 5.36. The van der Waals surface area contributed by atoms with Crippen LogP contribution in [0.15, 0.2) is 11.6 Å². The SMILES string of the molecule is CC1O[C@H](OC2[C@@H](O)C(C)O[C@@H](O[C@H]3CCC4(C)C5CCC6(C)[C@@H](C7=CC(=O)OC7)CC[C@]6(O)[C@@H]5CC[C@@H]4C3)[C@H]2O)C(O)C(O)[C@@H]1O. The summed E-state index contributed by atoms with van der Waals surface area (Å²) < 4.78 is 29.0. The van der Waals surface area contributed by atoms with Crippen LogP contribution in [0.2, 0.25) is 0 Å². The van der Waals surface area contributed by atoms with Gasteiger partial charge in [-0.2, -0.15) is 0 Å². The zero-order chi connectivity index (χ0) is 33.6. The number of aliphatic hydroxyl groups is 6. The van der Waals surface area contributed by atoms with E-state index in [9.17, 15) is 35.4 Å². The summed E-state index contributed by atoms with van der Waals surface area (Å²) >= 11 is 0. The predicted molar refractivity (Wildman–Crippen MR) is 164 cm³/mol. The third-order valence-corrected chi connectivity index (χ3v) is 14.1. The van der Waals surface area contributed by atoms with Crippen molar-refractivity contribution in [3.63, 3.8) is 0 Å². The van der Waals surface area contributed by atoms with Crippen LogP contribution in [0, 0.1) is 34.5 Å². The van der Waals surface area contributed by atoms with Gasteiger partial charge in [0.2, 0.25) is 0 Å². The molecule has 4 aliphatic carbocycles. The lowest BCUT2D eigenvalue weighted by Gasteiger charge is -2.64. The van der Waals surface area contributed by atoms with Crippen LogP contribution in [0.4, 0.5) is 0 Å². The lowest BCUT2D eigenvalue weighted by molar-refractivity contribution is -0.359. The summed E-state index contributed by atoms with van der Waals surface area (Å²) in [6.45, 7) is 8.17. The fourth-order valence-electron chi connectivity index (χ4n) is 11.2. The molecule has 7 aliphatic rings. The van der Waals surface area contributed by atoms with Crippen LogP contribution >= 0.6 is 0 Å². The summed E-state index contributed by atoms with van der Waals surface area (Å²) in [4.78, 5) is 11.9. The molecular weight excluding hydrogens is 612 g/mol. The maximum absolute atomic E-state index is 12.5. The number of aliphatic hydroxyl groups excluding tert-OH is 5. The Morgan fingerprint density at radius 3 is 2.17 bits per heavy atom. The predicted octanol–water partition coefficient (Wildman–Crippen LogP) is 1.31. The van der Waals surface area contributed by atoms with E-state index in [1.54, 1.807) is 13.0 Å². The smallest absolute Gasteiger partial charge is 0.331 e. The highest BCUT2D eigenvalue weighted by atomic mass is 16.7. The lowest BCUT2D eigenvalue weighted by atomic mass is 9.43. The Morgan fingerprint density at radius 2 is 1.47 bits per heavy atom. The van der Waals surface area contributed by atoms with E-state index in [2.05, 4.69) is 13.8 Å². The van der Waals surface area contributed by atoms with Crippen molar-refractivity contribution in [3.8, 4) is 0 Å². The van der Waals surface area contributed by atoms with Crippen molar-refractivity contribution in [2.24, 2.45) is 34.5 Å². The van der Waals surface area contributed by atoms with Crippen LogP contribution in [0.3, 0.4) is 0 Å².